The molecule has 0 aromatic rings. The predicted octanol–water partition coefficient (Wildman–Crippen LogP) is 6.01. The molecular weight excluding hydrogens is 413 g/mol. The third-order valence-electron chi connectivity index (χ3n) is 2.52. The fraction of sp³-hybridized carbons (Fsp3) is 1.00. The molecule has 0 spiro atoms. The molecule has 0 aliphatic carbocycles. The van der Waals surface area contributed by atoms with Gasteiger partial charge in [0.25, 0.3) is 0 Å². The minimum atomic E-state index is 0.284. The fourth-order valence-corrected chi connectivity index (χ4v) is 6.71. The lowest BCUT2D eigenvalue weighted by Crippen LogP contribution is -2.34. The Balaban J connectivity index is 4.85. The van der Waals surface area contributed by atoms with Gasteiger partial charge in [-0.05, 0) is 27.7 Å². The predicted molar refractivity (Wildman–Crippen MR) is 126 cm³/mol. The van der Waals surface area contributed by atoms with Crippen LogP contribution in [0, 0.1) is 5.41 Å². The van der Waals surface area contributed by atoms with Gasteiger partial charge < -0.3 is 0 Å². The molecule has 0 N–H and O–H groups in total. The summed E-state index contributed by atoms with van der Waals surface area (Å²) in [7, 11) is 0. The van der Waals surface area contributed by atoms with Crippen molar-refractivity contribution in [3.63, 3.8) is 0 Å². The van der Waals surface area contributed by atoms with Crippen LogP contribution < -0.4 is 0 Å². The zero-order valence-electron chi connectivity index (χ0n) is 13.1. The van der Waals surface area contributed by atoms with Crippen molar-refractivity contribution in [1.82, 2.24) is 0 Å². The van der Waals surface area contributed by atoms with Crippen LogP contribution in [0.15, 0.2) is 0 Å². The van der Waals surface area contributed by atoms with E-state index in [1.54, 1.807) is 0 Å². The Morgan fingerprint density at radius 1 is 0.571 bits per heavy atom. The van der Waals surface area contributed by atoms with Crippen molar-refractivity contribution in [3.8, 4) is 0 Å². The SMILES string of the molecule is CC(S)SCC(CSC(C)S)(CSC(C)S)CSC(C)S. The molecule has 8 heteroatoms. The van der Waals surface area contributed by atoms with Crippen LogP contribution in [0.3, 0.4) is 0 Å². The number of thiol groups is 4. The lowest BCUT2D eigenvalue weighted by molar-refractivity contribution is 0.515. The maximum absolute atomic E-state index is 4.53. The van der Waals surface area contributed by atoms with Crippen molar-refractivity contribution < 1.29 is 0 Å². The molecule has 0 heterocycles. The van der Waals surface area contributed by atoms with E-state index in [0.29, 0.717) is 18.3 Å². The van der Waals surface area contributed by atoms with Crippen molar-refractivity contribution in [3.05, 3.63) is 0 Å². The normalized spacial score (nSPS) is 20.6. The van der Waals surface area contributed by atoms with Gasteiger partial charge in [-0.2, -0.15) is 50.5 Å². The molecule has 4 unspecified atom stereocenters. The zero-order valence-corrected chi connectivity index (χ0v) is 19.9. The molecule has 0 aromatic carbocycles. The van der Waals surface area contributed by atoms with Crippen LogP contribution in [0.4, 0.5) is 0 Å². The summed E-state index contributed by atoms with van der Waals surface area (Å²) < 4.78 is 1.50. The van der Waals surface area contributed by atoms with Gasteiger partial charge in [0, 0.05) is 46.8 Å². The van der Waals surface area contributed by atoms with E-state index in [-0.39, 0.29) is 5.41 Å². The molecule has 21 heavy (non-hydrogen) atoms. The second-order valence-corrected chi connectivity index (χ2v) is 15.0. The number of thioether (sulfide) groups is 4. The van der Waals surface area contributed by atoms with Crippen LogP contribution in [0.25, 0.3) is 0 Å². The van der Waals surface area contributed by atoms with Gasteiger partial charge in [-0.25, -0.2) is 0 Å². The van der Waals surface area contributed by atoms with Crippen LogP contribution in [-0.4, -0.2) is 41.3 Å². The second kappa shape index (κ2) is 13.1. The molecule has 0 radical (unpaired) electrons. The van der Waals surface area contributed by atoms with Crippen molar-refractivity contribution in [2.75, 3.05) is 23.0 Å². The summed E-state index contributed by atoms with van der Waals surface area (Å²) in [4.78, 5) is 0. The average Bonchev–Trinajstić information content (AvgIpc) is 2.36. The van der Waals surface area contributed by atoms with Gasteiger partial charge in [-0.1, -0.05) is 0 Å². The molecule has 128 valence electrons. The molecule has 0 saturated carbocycles. The standard InChI is InChI=1S/C13H28S8/c1-9(14)18-5-13(6-19-10(2)15,7-20-11(3)16)8-21-12(4)17/h9-12,14-17H,5-8H2,1-4H3. The smallest absolute Gasteiger partial charge is 0.0444 e. The molecule has 0 aliphatic heterocycles. The second-order valence-electron chi connectivity index (χ2n) is 5.14. The van der Waals surface area contributed by atoms with E-state index in [4.69, 9.17) is 0 Å². The Kier molecular flexibility index (Phi) is 14.8. The first-order chi connectivity index (χ1) is 9.67. The van der Waals surface area contributed by atoms with E-state index < -0.39 is 0 Å². The summed E-state index contributed by atoms with van der Waals surface area (Å²) in [5.74, 6) is 4.52. The van der Waals surface area contributed by atoms with E-state index in [2.05, 4.69) is 78.2 Å². The first-order valence-corrected chi connectivity index (χ1v) is 13.1. The Bertz CT molecular complexity index is 201. The highest BCUT2D eigenvalue weighted by molar-refractivity contribution is 8.12. The van der Waals surface area contributed by atoms with E-state index in [9.17, 15) is 0 Å². The molecule has 0 saturated heterocycles. The maximum atomic E-state index is 4.53. The largest absolute Gasteiger partial charge is 0.165 e. The first kappa shape index (κ1) is 23.8. The van der Waals surface area contributed by atoms with Gasteiger partial charge in [0.15, 0.2) is 0 Å². The van der Waals surface area contributed by atoms with Crippen molar-refractivity contribution in [1.29, 1.82) is 0 Å². The van der Waals surface area contributed by atoms with E-state index in [1.807, 2.05) is 47.0 Å². The topological polar surface area (TPSA) is 0 Å². The molecule has 0 fully saturated rings. The molecule has 0 amide bonds. The Labute approximate surface area is 170 Å². The van der Waals surface area contributed by atoms with Crippen molar-refractivity contribution in [2.24, 2.45) is 5.41 Å². The Morgan fingerprint density at radius 2 is 0.762 bits per heavy atom. The van der Waals surface area contributed by atoms with Crippen LogP contribution in [0.2, 0.25) is 0 Å². The number of hydrogen-bond acceptors (Lipinski definition) is 8. The van der Waals surface area contributed by atoms with Crippen molar-refractivity contribution >= 4 is 97.6 Å². The minimum absolute atomic E-state index is 0.284. The van der Waals surface area contributed by atoms with Gasteiger partial charge in [-0.3, -0.25) is 0 Å². The van der Waals surface area contributed by atoms with Crippen LogP contribution in [0.5, 0.6) is 0 Å². The summed E-state index contributed by atoms with van der Waals surface area (Å²) in [5.41, 5.74) is 0.284. The summed E-state index contributed by atoms with van der Waals surface area (Å²) in [6.07, 6.45) is 0. The summed E-state index contributed by atoms with van der Waals surface area (Å²) in [6.45, 7) is 8.59. The zero-order chi connectivity index (χ0) is 16.5. The van der Waals surface area contributed by atoms with Gasteiger partial charge in [0.2, 0.25) is 0 Å². The lowest BCUT2D eigenvalue weighted by Gasteiger charge is -2.35. The Hall–Kier alpha value is 2.80. The third kappa shape index (κ3) is 13.7. The van der Waals surface area contributed by atoms with Gasteiger partial charge in [0.1, 0.15) is 0 Å². The molecule has 0 aromatic heterocycles. The molecule has 0 rings (SSSR count). The molecular formula is C13H28S8. The minimum Gasteiger partial charge on any atom is -0.165 e. The molecule has 0 aliphatic rings. The summed E-state index contributed by atoms with van der Waals surface area (Å²) in [6, 6.07) is 0. The quantitative estimate of drug-likeness (QED) is 0.217. The van der Waals surface area contributed by atoms with Gasteiger partial charge >= 0.3 is 0 Å². The highest BCUT2D eigenvalue weighted by atomic mass is 32.2. The van der Waals surface area contributed by atoms with Crippen molar-refractivity contribution in [2.45, 2.75) is 46.0 Å². The molecule has 4 atom stereocenters. The summed E-state index contributed by atoms with van der Waals surface area (Å²) >= 11 is 25.9. The molecule has 0 bridgehead atoms. The fourth-order valence-electron chi connectivity index (χ4n) is 1.44. The first-order valence-electron chi connectivity index (χ1n) is 6.85. The van der Waals surface area contributed by atoms with Crippen LogP contribution in [0.1, 0.15) is 27.7 Å². The van der Waals surface area contributed by atoms with Crippen LogP contribution >= 0.6 is 97.6 Å². The van der Waals surface area contributed by atoms with E-state index in [0.717, 1.165) is 23.0 Å². The Morgan fingerprint density at radius 3 is 0.905 bits per heavy atom. The molecule has 0 nitrogen and oxygen atoms in total. The number of rotatable bonds is 12. The highest BCUT2D eigenvalue weighted by Crippen LogP contribution is 2.40. The van der Waals surface area contributed by atoms with Crippen LogP contribution in [-0.2, 0) is 0 Å². The average molecular weight is 441 g/mol. The van der Waals surface area contributed by atoms with E-state index >= 15 is 0 Å². The van der Waals surface area contributed by atoms with Gasteiger partial charge in [-0.15, -0.1) is 47.0 Å². The highest BCUT2D eigenvalue weighted by Gasteiger charge is 2.32. The lowest BCUT2D eigenvalue weighted by atomic mass is 9.99. The third-order valence-corrected chi connectivity index (χ3v) is 9.36. The summed E-state index contributed by atoms with van der Waals surface area (Å²) in [5, 5.41) is 0. The number of hydrogen-bond donors (Lipinski definition) is 4. The van der Waals surface area contributed by atoms with Gasteiger partial charge in [0.05, 0.1) is 0 Å². The maximum Gasteiger partial charge on any atom is 0.0444 e. The monoisotopic (exact) mass is 440 g/mol. The van der Waals surface area contributed by atoms with E-state index in [1.165, 1.54) is 0 Å².